The van der Waals surface area contributed by atoms with Crippen LogP contribution in [0.15, 0.2) is 9.98 Å². The average molecular weight is 155 g/mol. The van der Waals surface area contributed by atoms with Crippen LogP contribution in [0.3, 0.4) is 0 Å². The summed E-state index contributed by atoms with van der Waals surface area (Å²) in [7, 11) is 0. The molecule has 2 heterocycles. The molecule has 0 aromatic carbocycles. The van der Waals surface area contributed by atoms with E-state index in [1.54, 1.807) is 0 Å². The summed E-state index contributed by atoms with van der Waals surface area (Å²) in [6.07, 6.45) is -0.762. The number of nitrogens with one attached hydrogen (secondary N) is 1. The average Bonchev–Trinajstić information content (AvgIpc) is 2.37. The van der Waals surface area contributed by atoms with E-state index >= 15 is 0 Å². The van der Waals surface area contributed by atoms with Gasteiger partial charge < -0.3 is 5.73 Å². The van der Waals surface area contributed by atoms with Gasteiger partial charge in [-0.2, -0.15) is 10.1 Å². The molecule has 0 bridgehead atoms. The molecule has 7 heteroatoms. The van der Waals surface area contributed by atoms with E-state index in [2.05, 4.69) is 15.3 Å². The number of nitrogens with two attached hydrogens (primary N) is 1. The number of nitrogens with zero attached hydrogens (tertiary/aromatic N) is 3. The molecule has 7 nitrogen and oxygen atoms in total. The number of amides is 2. The predicted octanol–water partition coefficient (Wildman–Crippen LogP) is -1.55. The number of guanidine groups is 1. The van der Waals surface area contributed by atoms with E-state index in [4.69, 9.17) is 10.9 Å². The van der Waals surface area contributed by atoms with E-state index in [-0.39, 0.29) is 11.8 Å². The maximum Gasteiger partial charge on any atom is 0.349 e. The SMILES string of the molecule is NC1=NC2C(=N1)NC(=O)N2O. The smallest absolute Gasteiger partial charge is 0.349 e. The summed E-state index contributed by atoms with van der Waals surface area (Å²) in [4.78, 5) is 18.0. The number of carbonyl (C=O) groups excluding carboxylic acids is 1. The second kappa shape index (κ2) is 1.70. The molecule has 2 aliphatic heterocycles. The molecule has 2 rings (SSSR count). The van der Waals surface area contributed by atoms with Crippen LogP contribution in [0.5, 0.6) is 0 Å². The number of aliphatic imine (C=N–C) groups is 2. The van der Waals surface area contributed by atoms with Crippen molar-refractivity contribution in [2.75, 3.05) is 0 Å². The molecular weight excluding hydrogens is 150 g/mol. The summed E-state index contributed by atoms with van der Waals surface area (Å²) in [6, 6.07) is -0.634. The van der Waals surface area contributed by atoms with Gasteiger partial charge in [0.1, 0.15) is 0 Å². The monoisotopic (exact) mass is 155 g/mol. The molecule has 1 atom stereocenters. The minimum absolute atomic E-state index is 0.0593. The number of rotatable bonds is 0. The zero-order chi connectivity index (χ0) is 8.01. The standard InChI is InChI=1S/C4H5N5O2/c5-3-6-1-2(8-3)9(11)4(10)7-1/h2,11H,(H3,5,6,7,8,10). The first-order valence-corrected chi connectivity index (χ1v) is 2.89. The lowest BCUT2D eigenvalue weighted by Crippen LogP contribution is -2.29. The van der Waals surface area contributed by atoms with Crippen molar-refractivity contribution in [3.63, 3.8) is 0 Å². The fourth-order valence-electron chi connectivity index (χ4n) is 0.937. The fraction of sp³-hybridized carbons (Fsp3) is 0.250. The van der Waals surface area contributed by atoms with E-state index < -0.39 is 12.2 Å². The molecule has 58 valence electrons. The minimum atomic E-state index is -0.762. The van der Waals surface area contributed by atoms with Gasteiger partial charge in [0.2, 0.25) is 12.1 Å². The maximum atomic E-state index is 10.7. The summed E-state index contributed by atoms with van der Waals surface area (Å²) in [5.41, 5.74) is 5.21. The summed E-state index contributed by atoms with van der Waals surface area (Å²) < 4.78 is 0. The van der Waals surface area contributed by atoms with Crippen molar-refractivity contribution in [3.05, 3.63) is 0 Å². The quantitative estimate of drug-likeness (QED) is 0.369. The first kappa shape index (κ1) is 6.10. The molecule has 11 heavy (non-hydrogen) atoms. The van der Waals surface area contributed by atoms with Gasteiger partial charge in [0.25, 0.3) is 0 Å². The van der Waals surface area contributed by atoms with Crippen LogP contribution in [0, 0.1) is 0 Å². The Morgan fingerprint density at radius 3 is 3.09 bits per heavy atom. The van der Waals surface area contributed by atoms with Crippen molar-refractivity contribution >= 4 is 17.8 Å². The van der Waals surface area contributed by atoms with Crippen LogP contribution in [-0.4, -0.2) is 34.3 Å². The highest BCUT2D eigenvalue weighted by Crippen LogP contribution is 2.12. The molecule has 0 saturated carbocycles. The molecule has 2 aliphatic rings. The Morgan fingerprint density at radius 2 is 2.45 bits per heavy atom. The van der Waals surface area contributed by atoms with Gasteiger partial charge in [0.15, 0.2) is 5.84 Å². The third-order valence-corrected chi connectivity index (χ3v) is 1.41. The Morgan fingerprint density at radius 1 is 1.73 bits per heavy atom. The van der Waals surface area contributed by atoms with Crippen LogP contribution in [0.25, 0.3) is 0 Å². The molecule has 0 aromatic heterocycles. The number of amidine groups is 1. The van der Waals surface area contributed by atoms with Gasteiger partial charge in [0, 0.05) is 0 Å². The molecule has 0 radical (unpaired) electrons. The lowest BCUT2D eigenvalue weighted by atomic mass is 10.5. The summed E-state index contributed by atoms with van der Waals surface area (Å²) >= 11 is 0. The molecule has 0 spiro atoms. The second-order valence-electron chi connectivity index (χ2n) is 2.13. The van der Waals surface area contributed by atoms with Gasteiger partial charge >= 0.3 is 6.03 Å². The van der Waals surface area contributed by atoms with E-state index in [0.717, 1.165) is 0 Å². The van der Waals surface area contributed by atoms with Gasteiger partial charge in [-0.05, 0) is 0 Å². The Labute approximate surface area is 61.2 Å². The van der Waals surface area contributed by atoms with E-state index in [0.29, 0.717) is 5.06 Å². The van der Waals surface area contributed by atoms with Crippen LogP contribution in [0.2, 0.25) is 0 Å². The Kier molecular flexibility index (Phi) is 0.941. The third kappa shape index (κ3) is 0.679. The lowest BCUT2D eigenvalue weighted by molar-refractivity contribution is -0.0456. The maximum absolute atomic E-state index is 10.7. The molecule has 0 aliphatic carbocycles. The summed E-state index contributed by atoms with van der Waals surface area (Å²) in [6.45, 7) is 0. The van der Waals surface area contributed by atoms with Crippen LogP contribution in [-0.2, 0) is 0 Å². The molecular formula is C4H5N5O2. The first-order valence-electron chi connectivity index (χ1n) is 2.89. The van der Waals surface area contributed by atoms with Gasteiger partial charge in [-0.15, -0.1) is 0 Å². The Hall–Kier alpha value is -1.63. The molecule has 1 fully saturated rings. The van der Waals surface area contributed by atoms with Crippen molar-refractivity contribution < 1.29 is 10.0 Å². The van der Waals surface area contributed by atoms with Crippen molar-refractivity contribution in [1.29, 1.82) is 0 Å². The van der Waals surface area contributed by atoms with Crippen LogP contribution in [0.1, 0.15) is 0 Å². The topological polar surface area (TPSA) is 103 Å². The fourth-order valence-corrected chi connectivity index (χ4v) is 0.937. The first-order chi connectivity index (χ1) is 5.18. The normalized spacial score (nSPS) is 27.9. The van der Waals surface area contributed by atoms with Gasteiger partial charge in [-0.25, -0.2) is 9.79 Å². The molecule has 1 unspecified atom stereocenters. The van der Waals surface area contributed by atoms with Gasteiger partial charge in [0.05, 0.1) is 0 Å². The van der Waals surface area contributed by atoms with Crippen molar-refractivity contribution in [1.82, 2.24) is 10.4 Å². The molecule has 1 saturated heterocycles. The molecule has 2 amide bonds. The van der Waals surface area contributed by atoms with Gasteiger partial charge in [-0.3, -0.25) is 10.5 Å². The Balaban J connectivity index is 2.34. The predicted molar refractivity (Wildman–Crippen MR) is 35.0 cm³/mol. The van der Waals surface area contributed by atoms with Crippen LogP contribution < -0.4 is 11.1 Å². The van der Waals surface area contributed by atoms with Crippen molar-refractivity contribution in [2.45, 2.75) is 6.17 Å². The zero-order valence-electron chi connectivity index (χ0n) is 5.35. The number of carbonyl (C=O) groups is 1. The number of fused-ring (bicyclic) bond motifs is 1. The highest BCUT2D eigenvalue weighted by Gasteiger charge is 2.38. The number of urea groups is 1. The molecule has 4 N–H and O–H groups in total. The minimum Gasteiger partial charge on any atom is -0.368 e. The highest BCUT2D eigenvalue weighted by molar-refractivity contribution is 6.13. The highest BCUT2D eigenvalue weighted by atomic mass is 16.5. The van der Waals surface area contributed by atoms with E-state index in [9.17, 15) is 4.79 Å². The van der Waals surface area contributed by atoms with E-state index in [1.165, 1.54) is 0 Å². The van der Waals surface area contributed by atoms with Gasteiger partial charge in [-0.1, -0.05) is 0 Å². The zero-order valence-corrected chi connectivity index (χ0v) is 5.35. The summed E-state index contributed by atoms with van der Waals surface area (Å²) in [5, 5.41) is 11.7. The second-order valence-corrected chi connectivity index (χ2v) is 2.13. The lowest BCUT2D eigenvalue weighted by Gasteiger charge is -2.06. The molecule has 0 aromatic rings. The number of hydrogen-bond donors (Lipinski definition) is 3. The van der Waals surface area contributed by atoms with Crippen molar-refractivity contribution in [3.8, 4) is 0 Å². The van der Waals surface area contributed by atoms with E-state index in [1.807, 2.05) is 0 Å². The number of hydrogen-bond acceptors (Lipinski definition) is 5. The largest absolute Gasteiger partial charge is 0.368 e. The summed E-state index contributed by atoms with van der Waals surface area (Å²) in [5.74, 6) is 0.332. The third-order valence-electron chi connectivity index (χ3n) is 1.41. The Bertz CT molecular complexity index is 282. The van der Waals surface area contributed by atoms with Crippen LogP contribution in [0.4, 0.5) is 4.79 Å². The van der Waals surface area contributed by atoms with Crippen molar-refractivity contribution in [2.24, 2.45) is 15.7 Å². The number of hydroxylamine groups is 2. The van der Waals surface area contributed by atoms with Crippen LogP contribution >= 0.6 is 0 Å².